The van der Waals surface area contributed by atoms with E-state index in [-0.39, 0.29) is 23.3 Å². The molecule has 0 saturated heterocycles. The van der Waals surface area contributed by atoms with Gasteiger partial charge in [-0.15, -0.1) is 0 Å². The molecule has 1 fully saturated rings. The van der Waals surface area contributed by atoms with Crippen LogP contribution in [0.15, 0.2) is 53.4 Å². The van der Waals surface area contributed by atoms with Crippen molar-refractivity contribution in [3.05, 3.63) is 54.1 Å². The molecular formula is C25H34N4O4S. The SMILES string of the molecule is CC(=O)Nc1ccc(S(=O)(=O)N(C)CC(=O)NCc2ccc(N(C)C3CCCCC3)cc2)cc1. The van der Waals surface area contributed by atoms with Crippen LogP contribution in [0.2, 0.25) is 0 Å². The van der Waals surface area contributed by atoms with E-state index in [4.69, 9.17) is 0 Å². The Kier molecular flexibility index (Phi) is 8.68. The highest BCUT2D eigenvalue weighted by Gasteiger charge is 2.23. The summed E-state index contributed by atoms with van der Waals surface area (Å²) in [5, 5.41) is 5.38. The van der Waals surface area contributed by atoms with E-state index in [1.165, 1.54) is 70.3 Å². The minimum atomic E-state index is -3.83. The Bertz CT molecular complexity index is 1080. The first kappa shape index (κ1) is 25.7. The number of sulfonamides is 1. The fraction of sp³-hybridized carbons (Fsp3) is 0.440. The summed E-state index contributed by atoms with van der Waals surface area (Å²) in [6.07, 6.45) is 6.34. The molecule has 1 aliphatic rings. The lowest BCUT2D eigenvalue weighted by Crippen LogP contribution is -2.38. The molecule has 2 amide bonds. The summed E-state index contributed by atoms with van der Waals surface area (Å²) in [4.78, 5) is 25.9. The molecule has 8 nitrogen and oxygen atoms in total. The van der Waals surface area contributed by atoms with Crippen molar-refractivity contribution in [2.45, 2.75) is 56.5 Å². The molecular weight excluding hydrogens is 452 g/mol. The van der Waals surface area contributed by atoms with Crippen molar-refractivity contribution < 1.29 is 18.0 Å². The summed E-state index contributed by atoms with van der Waals surface area (Å²) in [5.74, 6) is -0.625. The van der Waals surface area contributed by atoms with Gasteiger partial charge in [0.1, 0.15) is 0 Å². The van der Waals surface area contributed by atoms with Crippen molar-refractivity contribution in [3.8, 4) is 0 Å². The lowest BCUT2D eigenvalue weighted by Gasteiger charge is -2.33. The van der Waals surface area contributed by atoms with Crippen LogP contribution in [0.4, 0.5) is 11.4 Å². The quantitative estimate of drug-likeness (QED) is 0.566. The average Bonchev–Trinajstić information content (AvgIpc) is 2.83. The van der Waals surface area contributed by atoms with E-state index >= 15 is 0 Å². The highest BCUT2D eigenvalue weighted by atomic mass is 32.2. The van der Waals surface area contributed by atoms with Crippen molar-refractivity contribution in [2.24, 2.45) is 0 Å². The van der Waals surface area contributed by atoms with Crippen LogP contribution >= 0.6 is 0 Å². The highest BCUT2D eigenvalue weighted by molar-refractivity contribution is 7.89. The second-order valence-electron chi connectivity index (χ2n) is 8.81. The lowest BCUT2D eigenvalue weighted by molar-refractivity contribution is -0.121. The molecule has 0 aromatic heterocycles. The Morgan fingerprint density at radius 2 is 1.56 bits per heavy atom. The first-order valence-electron chi connectivity index (χ1n) is 11.6. The number of carbonyl (C=O) groups is 2. The molecule has 2 aromatic rings. The number of hydrogen-bond donors (Lipinski definition) is 2. The van der Waals surface area contributed by atoms with E-state index in [2.05, 4.69) is 34.7 Å². The number of hydrogen-bond acceptors (Lipinski definition) is 5. The first-order valence-corrected chi connectivity index (χ1v) is 13.0. The van der Waals surface area contributed by atoms with Gasteiger partial charge < -0.3 is 15.5 Å². The summed E-state index contributed by atoms with van der Waals surface area (Å²) in [5.41, 5.74) is 2.62. The molecule has 2 aromatic carbocycles. The molecule has 2 N–H and O–H groups in total. The molecule has 1 saturated carbocycles. The van der Waals surface area contributed by atoms with E-state index in [9.17, 15) is 18.0 Å². The number of nitrogens with one attached hydrogen (secondary N) is 2. The zero-order valence-corrected chi connectivity index (χ0v) is 20.9. The van der Waals surface area contributed by atoms with Crippen molar-refractivity contribution in [3.63, 3.8) is 0 Å². The van der Waals surface area contributed by atoms with Crippen LogP contribution in [0, 0.1) is 0 Å². The molecule has 0 radical (unpaired) electrons. The zero-order valence-electron chi connectivity index (χ0n) is 20.1. The highest BCUT2D eigenvalue weighted by Crippen LogP contribution is 2.26. The number of carbonyl (C=O) groups excluding carboxylic acids is 2. The predicted octanol–water partition coefficient (Wildman–Crippen LogP) is 3.35. The van der Waals surface area contributed by atoms with E-state index in [1.54, 1.807) is 0 Å². The summed E-state index contributed by atoms with van der Waals surface area (Å²) in [6, 6.07) is 14.5. The Labute approximate surface area is 202 Å². The fourth-order valence-electron chi connectivity index (χ4n) is 4.17. The summed E-state index contributed by atoms with van der Waals surface area (Å²) < 4.78 is 26.5. The number of nitrogens with zero attached hydrogens (tertiary/aromatic N) is 2. The second-order valence-corrected chi connectivity index (χ2v) is 10.9. The standard InChI is InChI=1S/C25H34N4O4S/c1-19(30)27-21-11-15-24(16-12-21)34(32,33)28(2)18-25(31)26-17-20-9-13-23(14-10-20)29(3)22-7-5-4-6-8-22/h9-16,22H,4-8,17-18H2,1-3H3,(H,26,31)(H,27,30). The molecule has 0 unspecified atom stereocenters. The molecule has 0 aliphatic heterocycles. The number of likely N-dealkylation sites (N-methyl/N-ethyl adjacent to an activating group) is 1. The number of amides is 2. The third-order valence-corrected chi connectivity index (χ3v) is 8.02. The summed E-state index contributed by atoms with van der Waals surface area (Å²) >= 11 is 0. The number of rotatable bonds is 9. The normalized spacial score (nSPS) is 14.6. The molecule has 0 heterocycles. The lowest BCUT2D eigenvalue weighted by atomic mass is 9.94. The maximum absolute atomic E-state index is 12.8. The maximum atomic E-state index is 12.8. The van der Waals surface area contributed by atoms with E-state index in [0.717, 1.165) is 15.6 Å². The molecule has 0 spiro atoms. The number of benzene rings is 2. The minimum Gasteiger partial charge on any atom is -0.372 e. The van der Waals surface area contributed by atoms with Crippen LogP contribution in [-0.4, -0.2) is 51.2 Å². The van der Waals surface area contributed by atoms with Gasteiger partial charge in [-0.25, -0.2) is 8.42 Å². The van der Waals surface area contributed by atoms with Crippen molar-refractivity contribution in [1.82, 2.24) is 9.62 Å². The monoisotopic (exact) mass is 486 g/mol. The molecule has 1 aliphatic carbocycles. The Hall–Kier alpha value is -2.91. The Morgan fingerprint density at radius 1 is 0.941 bits per heavy atom. The molecule has 34 heavy (non-hydrogen) atoms. The Morgan fingerprint density at radius 3 is 2.15 bits per heavy atom. The van der Waals surface area contributed by atoms with Gasteiger partial charge in [0, 0.05) is 45.0 Å². The van der Waals surface area contributed by atoms with Crippen LogP contribution in [0.25, 0.3) is 0 Å². The van der Waals surface area contributed by atoms with Gasteiger partial charge in [0.15, 0.2) is 0 Å². The largest absolute Gasteiger partial charge is 0.372 e. The van der Waals surface area contributed by atoms with Gasteiger partial charge in [0.2, 0.25) is 21.8 Å². The molecule has 9 heteroatoms. The van der Waals surface area contributed by atoms with Crippen molar-refractivity contribution >= 4 is 33.2 Å². The molecule has 0 bridgehead atoms. The van der Waals surface area contributed by atoms with Gasteiger partial charge in [-0.05, 0) is 54.8 Å². The summed E-state index contributed by atoms with van der Waals surface area (Å²) in [7, 11) is -0.331. The van der Waals surface area contributed by atoms with Crippen molar-refractivity contribution in [2.75, 3.05) is 30.9 Å². The predicted molar refractivity (Wildman–Crippen MR) is 134 cm³/mol. The van der Waals surface area contributed by atoms with Crippen LogP contribution in [0.1, 0.15) is 44.6 Å². The topological polar surface area (TPSA) is 98.8 Å². The number of anilines is 2. The molecule has 0 atom stereocenters. The van der Waals surface area contributed by atoms with Gasteiger partial charge in [0.25, 0.3) is 0 Å². The van der Waals surface area contributed by atoms with Crippen molar-refractivity contribution in [1.29, 1.82) is 0 Å². The maximum Gasteiger partial charge on any atom is 0.243 e. The third-order valence-electron chi connectivity index (χ3n) is 6.20. The van der Waals surface area contributed by atoms with Gasteiger partial charge in [-0.1, -0.05) is 31.4 Å². The van der Waals surface area contributed by atoms with Crippen LogP contribution in [0.5, 0.6) is 0 Å². The fourth-order valence-corrected chi connectivity index (χ4v) is 5.29. The van der Waals surface area contributed by atoms with Gasteiger partial charge in [-0.2, -0.15) is 4.31 Å². The van der Waals surface area contributed by atoms with Crippen LogP contribution in [-0.2, 0) is 26.2 Å². The van der Waals surface area contributed by atoms with E-state index in [0.29, 0.717) is 18.3 Å². The van der Waals surface area contributed by atoms with Crippen LogP contribution in [0.3, 0.4) is 0 Å². The van der Waals surface area contributed by atoms with Gasteiger partial charge in [-0.3, -0.25) is 9.59 Å². The van der Waals surface area contributed by atoms with Gasteiger partial charge >= 0.3 is 0 Å². The second kappa shape index (κ2) is 11.5. The van der Waals surface area contributed by atoms with Crippen LogP contribution < -0.4 is 15.5 Å². The molecule has 3 rings (SSSR count). The average molecular weight is 487 g/mol. The first-order chi connectivity index (χ1) is 16.2. The Balaban J connectivity index is 1.51. The van der Waals surface area contributed by atoms with E-state index < -0.39 is 10.0 Å². The third kappa shape index (κ3) is 6.80. The minimum absolute atomic E-state index is 0.0505. The summed E-state index contributed by atoms with van der Waals surface area (Å²) in [6.45, 7) is 1.41. The van der Waals surface area contributed by atoms with E-state index in [1.807, 2.05) is 12.1 Å². The van der Waals surface area contributed by atoms with Gasteiger partial charge in [0.05, 0.1) is 11.4 Å². The molecule has 184 valence electrons. The zero-order chi connectivity index (χ0) is 24.7. The smallest absolute Gasteiger partial charge is 0.243 e.